The molecule has 2 aromatic carbocycles. The Morgan fingerprint density at radius 2 is 1.80 bits per heavy atom. The number of amides is 1. The molecule has 0 aliphatic carbocycles. The van der Waals surface area contributed by atoms with Crippen molar-refractivity contribution in [3.8, 4) is 5.75 Å². The molecule has 1 unspecified atom stereocenters. The zero-order valence-corrected chi connectivity index (χ0v) is 13.9. The van der Waals surface area contributed by atoms with Gasteiger partial charge in [-0.05, 0) is 24.1 Å². The monoisotopic (exact) mass is 340 g/mol. The quantitative estimate of drug-likeness (QED) is 0.914. The third-order valence-electron chi connectivity index (χ3n) is 5.24. The van der Waals surface area contributed by atoms with E-state index in [1.54, 1.807) is 17.0 Å². The molecule has 2 aromatic rings. The van der Waals surface area contributed by atoms with E-state index in [0.29, 0.717) is 31.7 Å². The van der Waals surface area contributed by atoms with Crippen molar-refractivity contribution >= 4 is 5.91 Å². The highest BCUT2D eigenvalue weighted by atomic mass is 19.1. The van der Waals surface area contributed by atoms with Crippen molar-refractivity contribution in [1.82, 2.24) is 4.90 Å². The fourth-order valence-corrected chi connectivity index (χ4v) is 3.93. The molecule has 0 radical (unpaired) electrons. The summed E-state index contributed by atoms with van der Waals surface area (Å²) < 4.78 is 19.8. The fraction of sp³-hybridized carbons (Fsp3) is 0.350. The van der Waals surface area contributed by atoms with Crippen molar-refractivity contribution in [3.63, 3.8) is 0 Å². The minimum absolute atomic E-state index is 0.0602. The molecule has 2 N–H and O–H groups in total. The molecule has 0 aromatic heterocycles. The van der Waals surface area contributed by atoms with E-state index in [4.69, 9.17) is 10.5 Å². The maximum atomic E-state index is 14.1. The third kappa shape index (κ3) is 2.89. The zero-order valence-electron chi connectivity index (χ0n) is 13.9. The highest BCUT2D eigenvalue weighted by Gasteiger charge is 2.39. The predicted octanol–water partition coefficient (Wildman–Crippen LogP) is 2.65. The van der Waals surface area contributed by atoms with Gasteiger partial charge in [0.25, 0.3) is 0 Å². The normalized spacial score (nSPS) is 25.4. The lowest BCUT2D eigenvalue weighted by Gasteiger charge is -2.28. The molecule has 2 aliphatic heterocycles. The van der Waals surface area contributed by atoms with Crippen molar-refractivity contribution in [2.75, 3.05) is 19.7 Å². The van der Waals surface area contributed by atoms with E-state index in [0.717, 1.165) is 11.3 Å². The van der Waals surface area contributed by atoms with Gasteiger partial charge in [-0.15, -0.1) is 0 Å². The first-order chi connectivity index (χ1) is 12.1. The molecule has 1 saturated heterocycles. The second-order valence-electron chi connectivity index (χ2n) is 6.76. The first-order valence-electron chi connectivity index (χ1n) is 8.65. The van der Waals surface area contributed by atoms with E-state index >= 15 is 0 Å². The fourth-order valence-electron chi connectivity index (χ4n) is 3.93. The Balaban J connectivity index is 1.56. The summed E-state index contributed by atoms with van der Waals surface area (Å²) in [5.74, 6) is 0.205. The van der Waals surface area contributed by atoms with Crippen LogP contribution in [-0.2, 0) is 4.79 Å². The standard InChI is InChI=1S/C20H21FN2O2/c21-17-7-3-1-5-13(17)16-11-23(12-18(16)22)20(24)15-9-10-25-19-8-4-2-6-14(15)19/h1-8,15-16,18H,9-12,22H2/t15?,16-,18+/m0/s1. The minimum atomic E-state index is -0.256. The number of likely N-dealkylation sites (tertiary alicyclic amines) is 1. The van der Waals surface area contributed by atoms with Crippen molar-refractivity contribution in [3.05, 3.63) is 65.5 Å². The molecule has 5 heteroatoms. The summed E-state index contributed by atoms with van der Waals surface area (Å²) in [6, 6.07) is 14.1. The molecule has 0 saturated carbocycles. The van der Waals surface area contributed by atoms with Gasteiger partial charge in [-0.2, -0.15) is 0 Å². The van der Waals surface area contributed by atoms with Gasteiger partial charge in [0, 0.05) is 30.6 Å². The first kappa shape index (κ1) is 16.1. The van der Waals surface area contributed by atoms with Crippen LogP contribution in [0.5, 0.6) is 5.75 Å². The first-order valence-corrected chi connectivity index (χ1v) is 8.65. The van der Waals surface area contributed by atoms with Crippen LogP contribution in [0.3, 0.4) is 0 Å². The van der Waals surface area contributed by atoms with Gasteiger partial charge in [-0.3, -0.25) is 4.79 Å². The van der Waals surface area contributed by atoms with Gasteiger partial charge in [0.1, 0.15) is 11.6 Å². The van der Waals surface area contributed by atoms with Crippen LogP contribution in [0.2, 0.25) is 0 Å². The van der Waals surface area contributed by atoms with Gasteiger partial charge >= 0.3 is 0 Å². The van der Waals surface area contributed by atoms with Crippen molar-refractivity contribution < 1.29 is 13.9 Å². The van der Waals surface area contributed by atoms with Crippen LogP contribution in [0.15, 0.2) is 48.5 Å². The van der Waals surface area contributed by atoms with E-state index in [1.807, 2.05) is 30.3 Å². The van der Waals surface area contributed by atoms with Crippen molar-refractivity contribution in [1.29, 1.82) is 0 Å². The molecule has 2 aliphatic rings. The molecule has 4 nitrogen and oxygen atoms in total. The predicted molar refractivity (Wildman–Crippen MR) is 93.0 cm³/mol. The average molecular weight is 340 g/mol. The number of hydrogen-bond acceptors (Lipinski definition) is 3. The maximum absolute atomic E-state index is 14.1. The number of rotatable bonds is 2. The topological polar surface area (TPSA) is 55.6 Å². The molecule has 1 fully saturated rings. The van der Waals surface area contributed by atoms with Gasteiger partial charge in [0.2, 0.25) is 5.91 Å². The molecule has 3 atom stereocenters. The van der Waals surface area contributed by atoms with Crippen molar-refractivity contribution in [2.45, 2.75) is 24.3 Å². The zero-order chi connectivity index (χ0) is 17.4. The highest BCUT2D eigenvalue weighted by Crippen LogP contribution is 2.37. The van der Waals surface area contributed by atoms with Crippen LogP contribution >= 0.6 is 0 Å². The second-order valence-corrected chi connectivity index (χ2v) is 6.76. The number of halogens is 1. The number of fused-ring (bicyclic) bond motifs is 1. The second kappa shape index (κ2) is 6.48. The summed E-state index contributed by atoms with van der Waals surface area (Å²) in [7, 11) is 0. The lowest BCUT2D eigenvalue weighted by Crippen LogP contribution is -2.37. The molecule has 2 heterocycles. The SMILES string of the molecule is N[C@@H]1CN(C(=O)C2CCOc3ccccc32)C[C@H]1c1ccccc1F. The van der Waals surface area contributed by atoms with Gasteiger partial charge < -0.3 is 15.4 Å². The van der Waals surface area contributed by atoms with Crippen LogP contribution in [0, 0.1) is 5.82 Å². The van der Waals surface area contributed by atoms with Crippen LogP contribution < -0.4 is 10.5 Å². The number of nitrogens with zero attached hydrogens (tertiary/aromatic N) is 1. The Morgan fingerprint density at radius 3 is 2.60 bits per heavy atom. The van der Waals surface area contributed by atoms with Gasteiger partial charge in [0.05, 0.1) is 12.5 Å². The molecule has 0 bridgehead atoms. The number of ether oxygens (including phenoxy) is 1. The third-order valence-corrected chi connectivity index (χ3v) is 5.24. The molecule has 130 valence electrons. The van der Waals surface area contributed by atoms with Crippen LogP contribution in [-0.4, -0.2) is 36.5 Å². The van der Waals surface area contributed by atoms with E-state index in [-0.39, 0.29) is 29.6 Å². The number of carbonyl (C=O) groups excluding carboxylic acids is 1. The Bertz CT molecular complexity index is 795. The molecular formula is C20H21FN2O2. The van der Waals surface area contributed by atoms with Gasteiger partial charge in [-0.1, -0.05) is 36.4 Å². The van der Waals surface area contributed by atoms with E-state index in [9.17, 15) is 9.18 Å². The maximum Gasteiger partial charge on any atom is 0.230 e. The smallest absolute Gasteiger partial charge is 0.230 e. The van der Waals surface area contributed by atoms with Gasteiger partial charge in [-0.25, -0.2) is 4.39 Å². The Hall–Kier alpha value is -2.40. The number of benzene rings is 2. The molecule has 4 rings (SSSR count). The van der Waals surface area contributed by atoms with Gasteiger partial charge in [0.15, 0.2) is 0 Å². The number of nitrogens with two attached hydrogens (primary N) is 1. The number of para-hydroxylation sites is 1. The van der Waals surface area contributed by atoms with Crippen LogP contribution in [0.1, 0.15) is 29.4 Å². The lowest BCUT2D eigenvalue weighted by molar-refractivity contribution is -0.132. The molecule has 25 heavy (non-hydrogen) atoms. The highest BCUT2D eigenvalue weighted by molar-refractivity contribution is 5.85. The minimum Gasteiger partial charge on any atom is -0.493 e. The number of hydrogen-bond donors (Lipinski definition) is 1. The number of carbonyl (C=O) groups is 1. The summed E-state index contributed by atoms with van der Waals surface area (Å²) in [6.45, 7) is 1.45. The molecular weight excluding hydrogens is 319 g/mol. The van der Waals surface area contributed by atoms with E-state index < -0.39 is 0 Å². The van der Waals surface area contributed by atoms with Crippen LogP contribution in [0.4, 0.5) is 4.39 Å². The largest absolute Gasteiger partial charge is 0.493 e. The van der Waals surface area contributed by atoms with Crippen molar-refractivity contribution in [2.24, 2.45) is 5.73 Å². The Morgan fingerprint density at radius 1 is 1.08 bits per heavy atom. The van der Waals surface area contributed by atoms with E-state index in [2.05, 4.69) is 0 Å². The summed E-state index contributed by atoms with van der Waals surface area (Å²) in [5, 5.41) is 0. The summed E-state index contributed by atoms with van der Waals surface area (Å²) in [5.41, 5.74) is 7.77. The summed E-state index contributed by atoms with van der Waals surface area (Å²) in [4.78, 5) is 14.9. The van der Waals surface area contributed by atoms with Crippen LogP contribution in [0.25, 0.3) is 0 Å². The average Bonchev–Trinajstić information content (AvgIpc) is 3.02. The molecule has 0 spiro atoms. The summed E-state index contributed by atoms with van der Waals surface area (Å²) >= 11 is 0. The van der Waals surface area contributed by atoms with E-state index in [1.165, 1.54) is 6.07 Å². The lowest BCUT2D eigenvalue weighted by atomic mass is 9.91. The Labute approximate surface area is 146 Å². The molecule has 1 amide bonds. The summed E-state index contributed by atoms with van der Waals surface area (Å²) in [6.07, 6.45) is 0.659. The Kier molecular flexibility index (Phi) is 4.17.